The molecule has 0 aromatic heterocycles. The molecule has 32 heavy (non-hydrogen) atoms. The van der Waals surface area contributed by atoms with Gasteiger partial charge in [0.05, 0.1) is 0 Å². The molecule has 1 unspecified atom stereocenters. The second-order valence-electron chi connectivity index (χ2n) is 12.4. The van der Waals surface area contributed by atoms with Crippen LogP contribution in [0.5, 0.6) is 0 Å². The van der Waals surface area contributed by atoms with Crippen molar-refractivity contribution in [2.24, 2.45) is 11.3 Å². The van der Waals surface area contributed by atoms with Crippen LogP contribution in [0.25, 0.3) is 6.08 Å². The van der Waals surface area contributed by atoms with Gasteiger partial charge in [0.1, 0.15) is 0 Å². The van der Waals surface area contributed by atoms with Crippen molar-refractivity contribution < 1.29 is 20.0 Å². The number of benzene rings is 1. The van der Waals surface area contributed by atoms with E-state index < -0.39 is 20.0 Å². The Morgan fingerprint density at radius 3 is 1.84 bits per heavy atom. The fraction of sp³-hybridized carbons (Fsp3) is 0.613. The molecule has 0 nitrogen and oxygen atoms in total. The average molecular weight is 597 g/mol. The van der Waals surface area contributed by atoms with Gasteiger partial charge < -0.3 is 0 Å². The summed E-state index contributed by atoms with van der Waals surface area (Å²) in [6, 6.07) is 5.30. The van der Waals surface area contributed by atoms with Crippen LogP contribution in [-0.2, 0) is 36.0 Å². The summed E-state index contributed by atoms with van der Waals surface area (Å²) in [6.07, 6.45) is 10.4. The third-order valence-corrected chi connectivity index (χ3v) is 34.1. The molecule has 0 spiro atoms. The molecule has 3 aliphatic rings. The molecule has 0 aliphatic heterocycles. The number of rotatable bonds is 5. The molecule has 1 aromatic rings. The van der Waals surface area contributed by atoms with Crippen molar-refractivity contribution >= 4 is 6.08 Å². The first kappa shape index (κ1) is 24.4. The van der Waals surface area contributed by atoms with Crippen molar-refractivity contribution in [1.29, 1.82) is 0 Å². The molecule has 0 heterocycles. The Morgan fingerprint density at radius 2 is 1.38 bits per heavy atom. The molecule has 1 heteroatoms. The Morgan fingerprint density at radius 1 is 0.875 bits per heavy atom. The van der Waals surface area contributed by atoms with Crippen LogP contribution in [0.4, 0.5) is 0 Å². The Labute approximate surface area is 203 Å². The SMILES string of the molecule is CCC1(CC)Cc2cc3c(cc2C1)[C](C(C)C)([Hf]([CH3])([CH3])[C]1(C)C(C)=C(C)C(C)=C1C)C=C3. The van der Waals surface area contributed by atoms with Gasteiger partial charge in [-0.2, -0.15) is 0 Å². The summed E-state index contributed by atoms with van der Waals surface area (Å²) in [4.78, 5) is 0. The zero-order valence-corrected chi connectivity index (χ0v) is 26.3. The van der Waals surface area contributed by atoms with Crippen LogP contribution >= 0.6 is 0 Å². The molecule has 0 saturated carbocycles. The van der Waals surface area contributed by atoms with E-state index in [-0.39, 0.29) is 6.34 Å². The molecule has 0 N–H and O–H groups in total. The maximum absolute atomic E-state index is 3.10. The molecule has 0 fully saturated rings. The Bertz CT molecular complexity index is 1030. The molecule has 3 aliphatic carbocycles. The van der Waals surface area contributed by atoms with Crippen molar-refractivity contribution in [1.82, 2.24) is 0 Å². The van der Waals surface area contributed by atoms with Gasteiger partial charge in [-0.05, 0) is 0 Å². The van der Waals surface area contributed by atoms with E-state index in [1.54, 1.807) is 39.0 Å². The number of hydrogen-bond acceptors (Lipinski definition) is 0. The van der Waals surface area contributed by atoms with Gasteiger partial charge in [-0.15, -0.1) is 0 Å². The number of fused-ring (bicyclic) bond motifs is 2. The Hall–Kier alpha value is -0.690. The van der Waals surface area contributed by atoms with Crippen LogP contribution in [0, 0.1) is 11.3 Å². The van der Waals surface area contributed by atoms with Gasteiger partial charge in [0.15, 0.2) is 0 Å². The van der Waals surface area contributed by atoms with Gasteiger partial charge in [0.25, 0.3) is 0 Å². The topological polar surface area (TPSA) is 0 Å². The van der Waals surface area contributed by atoms with Crippen molar-refractivity contribution in [3.8, 4) is 0 Å². The normalized spacial score (nSPS) is 25.9. The van der Waals surface area contributed by atoms with Crippen LogP contribution < -0.4 is 0 Å². The minimum absolute atomic E-state index is 0.239. The summed E-state index contributed by atoms with van der Waals surface area (Å²) in [5.41, 5.74) is 13.5. The third-order valence-electron chi connectivity index (χ3n) is 11.4. The van der Waals surface area contributed by atoms with E-state index in [0.29, 0.717) is 11.3 Å². The molecule has 1 aromatic carbocycles. The minimum atomic E-state index is -3.10. The summed E-state index contributed by atoms with van der Waals surface area (Å²) in [6.45, 7) is 22.1. The predicted octanol–water partition coefficient (Wildman–Crippen LogP) is 9.58. The first-order valence-electron chi connectivity index (χ1n) is 13.0. The zero-order chi connectivity index (χ0) is 23.9. The van der Waals surface area contributed by atoms with E-state index in [2.05, 4.69) is 96.0 Å². The van der Waals surface area contributed by atoms with Crippen LogP contribution in [-0.4, -0.2) is 0 Å². The van der Waals surface area contributed by atoms with Gasteiger partial charge in [0.2, 0.25) is 0 Å². The Kier molecular flexibility index (Phi) is 5.85. The summed E-state index contributed by atoms with van der Waals surface area (Å²) >= 11 is -3.10. The van der Waals surface area contributed by atoms with Crippen LogP contribution in [0.1, 0.15) is 97.4 Å². The molecular formula is C31H46Hf. The third kappa shape index (κ3) is 2.82. The van der Waals surface area contributed by atoms with Gasteiger partial charge >= 0.3 is 204 Å². The standard InChI is InChI=1S/C19H25.C10H15.2CH3.Hf/c1-5-19(6-2)11-15-9-14-7-8-17(13(3)4)18(14)10-16(15)12-19;1-6-7(2)9(4)10(5)8(6)3;;;/h7-10,13H,5-6,11-12H2,1-4H3;1-5H3;2*1H3;. The van der Waals surface area contributed by atoms with Gasteiger partial charge in [-0.3, -0.25) is 0 Å². The van der Waals surface area contributed by atoms with Crippen molar-refractivity contribution in [2.75, 3.05) is 0 Å². The van der Waals surface area contributed by atoms with Crippen molar-refractivity contribution in [3.63, 3.8) is 0 Å². The van der Waals surface area contributed by atoms with E-state index >= 15 is 0 Å². The molecule has 4 rings (SSSR count). The molecule has 0 saturated heterocycles. The van der Waals surface area contributed by atoms with Gasteiger partial charge in [-0.25, -0.2) is 0 Å². The fourth-order valence-corrected chi connectivity index (χ4v) is 29.4. The molecule has 174 valence electrons. The first-order chi connectivity index (χ1) is 14.8. The average Bonchev–Trinajstić information content (AvgIpc) is 3.37. The molecule has 0 bridgehead atoms. The fourth-order valence-electron chi connectivity index (χ4n) is 8.18. The second-order valence-corrected chi connectivity index (χ2v) is 30.6. The first-order valence-corrected chi connectivity index (χ1v) is 23.8. The van der Waals surface area contributed by atoms with E-state index in [9.17, 15) is 0 Å². The molecule has 0 amide bonds. The number of hydrogen-bond donors (Lipinski definition) is 0. The maximum atomic E-state index is 2.78. The van der Waals surface area contributed by atoms with Crippen molar-refractivity contribution in [2.45, 2.75) is 104 Å². The summed E-state index contributed by atoms with van der Waals surface area (Å²) in [5, 5.41) is 0. The second kappa shape index (κ2) is 7.66. The van der Waals surface area contributed by atoms with E-state index in [0.717, 1.165) is 0 Å². The molecule has 0 radical (unpaired) electrons. The summed E-state index contributed by atoms with van der Waals surface area (Å²) in [5.74, 6) is 0.622. The van der Waals surface area contributed by atoms with Crippen LogP contribution in [0.15, 0.2) is 40.5 Å². The van der Waals surface area contributed by atoms with Gasteiger partial charge in [-0.1, -0.05) is 0 Å². The van der Waals surface area contributed by atoms with E-state index in [4.69, 9.17) is 0 Å². The van der Waals surface area contributed by atoms with Crippen LogP contribution in [0.2, 0.25) is 12.5 Å². The summed E-state index contributed by atoms with van der Waals surface area (Å²) in [7, 11) is 0. The van der Waals surface area contributed by atoms with Crippen LogP contribution in [0.3, 0.4) is 0 Å². The Balaban J connectivity index is 1.93. The number of allylic oxidation sites excluding steroid dienone is 5. The van der Waals surface area contributed by atoms with Gasteiger partial charge in [0, 0.05) is 0 Å². The summed E-state index contributed by atoms with van der Waals surface area (Å²) < 4.78 is 6.07. The monoisotopic (exact) mass is 598 g/mol. The predicted molar refractivity (Wildman–Crippen MR) is 139 cm³/mol. The quantitative estimate of drug-likeness (QED) is 0.297. The van der Waals surface area contributed by atoms with Crippen molar-refractivity contribution in [3.05, 3.63) is 62.8 Å². The molecule has 1 atom stereocenters. The molecular weight excluding hydrogens is 551 g/mol. The zero-order valence-electron chi connectivity index (χ0n) is 22.7. The van der Waals surface area contributed by atoms with E-state index in [1.807, 2.05) is 0 Å². The van der Waals surface area contributed by atoms with E-state index in [1.165, 1.54) is 31.2 Å².